The lowest BCUT2D eigenvalue weighted by molar-refractivity contribution is 0.0697. The SMILES string of the molecule is C[C@@H](NCc1ccc(C(=O)O)cc1)C1CCCc2ccccc21. The largest absolute Gasteiger partial charge is 0.478 e. The van der Waals surface area contributed by atoms with Gasteiger partial charge in [-0.3, -0.25) is 0 Å². The maximum atomic E-state index is 10.9. The van der Waals surface area contributed by atoms with Gasteiger partial charge in [0.1, 0.15) is 0 Å². The van der Waals surface area contributed by atoms with Crippen LogP contribution in [0.3, 0.4) is 0 Å². The number of aromatic carboxylic acids is 1. The van der Waals surface area contributed by atoms with Gasteiger partial charge in [0.05, 0.1) is 5.56 Å². The van der Waals surface area contributed by atoms with Crippen molar-refractivity contribution >= 4 is 5.97 Å². The smallest absolute Gasteiger partial charge is 0.335 e. The van der Waals surface area contributed by atoms with Crippen LogP contribution in [0.2, 0.25) is 0 Å². The minimum absolute atomic E-state index is 0.336. The monoisotopic (exact) mass is 309 g/mol. The van der Waals surface area contributed by atoms with Crippen molar-refractivity contribution in [1.82, 2.24) is 5.32 Å². The lowest BCUT2D eigenvalue weighted by Crippen LogP contribution is -2.33. The number of hydrogen-bond acceptors (Lipinski definition) is 2. The van der Waals surface area contributed by atoms with Gasteiger partial charge in [0, 0.05) is 12.6 Å². The zero-order chi connectivity index (χ0) is 16.2. The molecule has 3 nitrogen and oxygen atoms in total. The number of carboxylic acid groups (broad SMARTS) is 1. The van der Waals surface area contributed by atoms with E-state index in [0.29, 0.717) is 17.5 Å². The fraction of sp³-hybridized carbons (Fsp3) is 0.350. The Morgan fingerprint density at radius 3 is 2.70 bits per heavy atom. The van der Waals surface area contributed by atoms with Gasteiger partial charge in [-0.15, -0.1) is 0 Å². The third-order valence-electron chi connectivity index (χ3n) is 4.85. The lowest BCUT2D eigenvalue weighted by atomic mass is 9.79. The van der Waals surface area contributed by atoms with Crippen LogP contribution in [0.4, 0.5) is 0 Å². The van der Waals surface area contributed by atoms with Crippen molar-refractivity contribution in [1.29, 1.82) is 0 Å². The molecule has 0 aliphatic heterocycles. The van der Waals surface area contributed by atoms with Crippen molar-refractivity contribution in [2.45, 2.75) is 44.7 Å². The summed E-state index contributed by atoms with van der Waals surface area (Å²) in [6.07, 6.45) is 3.67. The average Bonchev–Trinajstić information content (AvgIpc) is 2.59. The Morgan fingerprint density at radius 1 is 1.22 bits per heavy atom. The molecule has 2 atom stereocenters. The van der Waals surface area contributed by atoms with Crippen LogP contribution in [0.5, 0.6) is 0 Å². The summed E-state index contributed by atoms with van der Waals surface area (Å²) in [6, 6.07) is 16.3. The number of nitrogens with one attached hydrogen (secondary N) is 1. The van der Waals surface area contributed by atoms with Crippen LogP contribution in [0, 0.1) is 0 Å². The summed E-state index contributed by atoms with van der Waals surface area (Å²) in [5, 5.41) is 12.6. The molecule has 2 aromatic rings. The molecule has 0 amide bonds. The van der Waals surface area contributed by atoms with Gasteiger partial charge >= 0.3 is 5.97 Å². The number of carbonyl (C=O) groups is 1. The minimum atomic E-state index is -0.878. The van der Waals surface area contributed by atoms with E-state index in [2.05, 4.69) is 36.5 Å². The van der Waals surface area contributed by atoms with Crippen LogP contribution in [0.1, 0.15) is 52.7 Å². The third-order valence-corrected chi connectivity index (χ3v) is 4.85. The van der Waals surface area contributed by atoms with E-state index in [-0.39, 0.29) is 0 Å². The topological polar surface area (TPSA) is 49.3 Å². The summed E-state index contributed by atoms with van der Waals surface area (Å²) in [5.74, 6) is -0.324. The molecule has 0 radical (unpaired) electrons. The summed E-state index contributed by atoms with van der Waals surface area (Å²) in [4.78, 5) is 10.9. The Labute approximate surface area is 137 Å². The second-order valence-electron chi connectivity index (χ2n) is 6.37. The number of fused-ring (bicyclic) bond motifs is 1. The predicted octanol–water partition coefficient (Wildman–Crippen LogP) is 3.98. The summed E-state index contributed by atoms with van der Waals surface area (Å²) >= 11 is 0. The molecule has 3 heteroatoms. The molecule has 0 saturated heterocycles. The van der Waals surface area contributed by atoms with Crippen molar-refractivity contribution in [3.05, 3.63) is 70.8 Å². The molecular weight excluding hydrogens is 286 g/mol. The first-order valence-electron chi connectivity index (χ1n) is 8.28. The Kier molecular flexibility index (Phi) is 4.77. The molecule has 0 bridgehead atoms. The van der Waals surface area contributed by atoms with E-state index in [1.807, 2.05) is 12.1 Å². The van der Waals surface area contributed by atoms with Crippen molar-refractivity contribution in [2.75, 3.05) is 0 Å². The second kappa shape index (κ2) is 6.97. The van der Waals surface area contributed by atoms with Crippen LogP contribution < -0.4 is 5.32 Å². The number of carboxylic acids is 1. The molecule has 0 saturated carbocycles. The average molecular weight is 309 g/mol. The van der Waals surface area contributed by atoms with Crippen LogP contribution >= 0.6 is 0 Å². The van der Waals surface area contributed by atoms with Crippen molar-refractivity contribution in [3.63, 3.8) is 0 Å². The Balaban J connectivity index is 1.64. The normalized spacial score (nSPS) is 18.2. The standard InChI is InChI=1S/C20H23NO2/c1-14(18-8-4-6-16-5-2-3-7-19(16)18)21-13-15-9-11-17(12-10-15)20(22)23/h2-3,5,7,9-12,14,18,21H,4,6,8,13H2,1H3,(H,22,23)/t14-,18?/m1/s1. The van der Waals surface area contributed by atoms with Crippen LogP contribution in [-0.2, 0) is 13.0 Å². The zero-order valence-electron chi connectivity index (χ0n) is 13.5. The Morgan fingerprint density at radius 2 is 1.96 bits per heavy atom. The molecule has 1 unspecified atom stereocenters. The van der Waals surface area contributed by atoms with E-state index in [4.69, 9.17) is 5.11 Å². The molecule has 0 aromatic heterocycles. The van der Waals surface area contributed by atoms with Crippen molar-refractivity contribution in [2.24, 2.45) is 0 Å². The molecule has 23 heavy (non-hydrogen) atoms. The third kappa shape index (κ3) is 3.62. The van der Waals surface area contributed by atoms with Gasteiger partial charge in [0.25, 0.3) is 0 Å². The highest BCUT2D eigenvalue weighted by Gasteiger charge is 2.24. The molecular formula is C20H23NO2. The maximum absolute atomic E-state index is 10.9. The summed E-state index contributed by atoms with van der Waals surface area (Å²) in [7, 11) is 0. The minimum Gasteiger partial charge on any atom is -0.478 e. The van der Waals surface area contributed by atoms with Gasteiger partial charge in [-0.05, 0) is 60.9 Å². The summed E-state index contributed by atoms with van der Waals surface area (Å²) in [5.41, 5.74) is 4.43. The van der Waals surface area contributed by atoms with E-state index < -0.39 is 5.97 Å². The molecule has 120 valence electrons. The molecule has 1 aliphatic rings. The first-order valence-corrected chi connectivity index (χ1v) is 8.28. The summed E-state index contributed by atoms with van der Waals surface area (Å²) in [6.45, 7) is 3.01. The second-order valence-corrected chi connectivity index (χ2v) is 6.37. The van der Waals surface area contributed by atoms with E-state index in [1.165, 1.54) is 30.4 Å². The van der Waals surface area contributed by atoms with Gasteiger partial charge < -0.3 is 10.4 Å². The highest BCUT2D eigenvalue weighted by Crippen LogP contribution is 2.33. The first kappa shape index (κ1) is 15.8. The number of rotatable bonds is 5. The van der Waals surface area contributed by atoms with Crippen LogP contribution in [0.25, 0.3) is 0 Å². The van der Waals surface area contributed by atoms with E-state index >= 15 is 0 Å². The molecule has 2 N–H and O–H groups in total. The van der Waals surface area contributed by atoms with Gasteiger partial charge in [-0.1, -0.05) is 36.4 Å². The van der Waals surface area contributed by atoms with Gasteiger partial charge in [0.15, 0.2) is 0 Å². The van der Waals surface area contributed by atoms with Crippen LogP contribution in [-0.4, -0.2) is 17.1 Å². The van der Waals surface area contributed by atoms with Gasteiger partial charge in [-0.2, -0.15) is 0 Å². The lowest BCUT2D eigenvalue weighted by Gasteiger charge is -2.31. The summed E-state index contributed by atoms with van der Waals surface area (Å²) < 4.78 is 0. The van der Waals surface area contributed by atoms with Crippen molar-refractivity contribution < 1.29 is 9.90 Å². The van der Waals surface area contributed by atoms with Crippen LogP contribution in [0.15, 0.2) is 48.5 Å². The maximum Gasteiger partial charge on any atom is 0.335 e. The van der Waals surface area contributed by atoms with Gasteiger partial charge in [-0.25, -0.2) is 4.79 Å². The molecule has 1 aliphatic carbocycles. The molecule has 2 aromatic carbocycles. The Bertz CT molecular complexity index is 678. The quantitative estimate of drug-likeness (QED) is 0.878. The zero-order valence-corrected chi connectivity index (χ0v) is 13.5. The number of hydrogen-bond donors (Lipinski definition) is 2. The number of benzene rings is 2. The fourth-order valence-electron chi connectivity index (χ4n) is 3.50. The Hall–Kier alpha value is -2.13. The molecule has 0 fully saturated rings. The fourth-order valence-corrected chi connectivity index (χ4v) is 3.50. The van der Waals surface area contributed by atoms with Crippen molar-refractivity contribution in [3.8, 4) is 0 Å². The van der Waals surface area contributed by atoms with E-state index in [9.17, 15) is 4.79 Å². The van der Waals surface area contributed by atoms with Gasteiger partial charge in [0.2, 0.25) is 0 Å². The molecule has 0 heterocycles. The molecule has 3 rings (SSSR count). The number of aryl methyl sites for hydroxylation is 1. The van der Waals surface area contributed by atoms with E-state index in [0.717, 1.165) is 12.1 Å². The molecule has 0 spiro atoms. The van der Waals surface area contributed by atoms with E-state index in [1.54, 1.807) is 12.1 Å². The highest BCUT2D eigenvalue weighted by molar-refractivity contribution is 5.87. The predicted molar refractivity (Wildman–Crippen MR) is 91.8 cm³/mol. The first-order chi connectivity index (χ1) is 11.1. The highest BCUT2D eigenvalue weighted by atomic mass is 16.4.